The zero-order valence-corrected chi connectivity index (χ0v) is 8.64. The summed E-state index contributed by atoms with van der Waals surface area (Å²) in [6.45, 7) is 2.06. The smallest absolute Gasteiger partial charge is 0.109 e. The van der Waals surface area contributed by atoms with Crippen molar-refractivity contribution in [2.75, 3.05) is 0 Å². The number of nitrogens with zero attached hydrogens (tertiary/aromatic N) is 1. The van der Waals surface area contributed by atoms with Gasteiger partial charge in [-0.15, -0.1) is 36.2 Å². The third-order valence-corrected chi connectivity index (χ3v) is 2.12. The van der Waals surface area contributed by atoms with Gasteiger partial charge in [0, 0.05) is 11.6 Å². The Morgan fingerprint density at radius 3 is 2.64 bits per heavy atom. The first-order valence-electron chi connectivity index (χ1n) is 2.99. The van der Waals surface area contributed by atoms with E-state index in [0.717, 1.165) is 11.4 Å². The predicted octanol–water partition coefficient (Wildman–Crippen LogP) is 2.40. The number of hydrogen-bond acceptors (Lipinski definition) is 3. The second-order valence-corrected chi connectivity index (χ2v) is 2.81. The van der Waals surface area contributed by atoms with Gasteiger partial charge in [-0.3, -0.25) is 0 Å². The standard InChI is InChI=1S/C6H10N2S.2ClH/c1-2-5(7)6-8-3-4-9-6;;/h3-5H,2,7H2,1H3;2*1H/t5-;;/m0../s1. The summed E-state index contributed by atoms with van der Waals surface area (Å²) < 4.78 is 0. The second-order valence-electron chi connectivity index (χ2n) is 1.89. The fraction of sp³-hybridized carbons (Fsp3) is 0.500. The average Bonchev–Trinajstić information content (AvgIpc) is 2.37. The lowest BCUT2D eigenvalue weighted by atomic mass is 10.3. The van der Waals surface area contributed by atoms with Crippen LogP contribution in [0.5, 0.6) is 0 Å². The summed E-state index contributed by atoms with van der Waals surface area (Å²) in [5.41, 5.74) is 5.69. The minimum atomic E-state index is 0. The molecule has 0 radical (unpaired) electrons. The van der Waals surface area contributed by atoms with Crippen LogP contribution in [0.15, 0.2) is 11.6 Å². The molecular formula is C6H12Cl2N2S. The molecule has 0 spiro atoms. The molecule has 66 valence electrons. The Kier molecular flexibility index (Phi) is 8.56. The van der Waals surface area contributed by atoms with Crippen molar-refractivity contribution < 1.29 is 0 Å². The molecule has 1 aromatic heterocycles. The van der Waals surface area contributed by atoms with Crippen molar-refractivity contribution >= 4 is 36.2 Å². The van der Waals surface area contributed by atoms with E-state index >= 15 is 0 Å². The molecule has 0 unspecified atom stereocenters. The zero-order valence-electron chi connectivity index (χ0n) is 6.19. The monoisotopic (exact) mass is 214 g/mol. The number of rotatable bonds is 2. The summed E-state index contributed by atoms with van der Waals surface area (Å²) in [6.07, 6.45) is 2.75. The maximum atomic E-state index is 5.69. The summed E-state index contributed by atoms with van der Waals surface area (Å²) >= 11 is 1.62. The summed E-state index contributed by atoms with van der Waals surface area (Å²) in [5.74, 6) is 0. The summed E-state index contributed by atoms with van der Waals surface area (Å²) in [4.78, 5) is 4.08. The first-order chi connectivity index (χ1) is 4.34. The molecular weight excluding hydrogens is 203 g/mol. The fourth-order valence-electron chi connectivity index (χ4n) is 0.592. The number of aromatic nitrogens is 1. The molecule has 11 heavy (non-hydrogen) atoms. The molecule has 0 aromatic carbocycles. The number of thiazole rings is 1. The second kappa shape index (κ2) is 6.85. The van der Waals surface area contributed by atoms with Gasteiger partial charge in [0.25, 0.3) is 0 Å². The van der Waals surface area contributed by atoms with Gasteiger partial charge in [0.05, 0.1) is 6.04 Å². The van der Waals surface area contributed by atoms with Crippen LogP contribution in [0.3, 0.4) is 0 Å². The normalized spacial score (nSPS) is 11.1. The van der Waals surface area contributed by atoms with Crippen LogP contribution in [0.2, 0.25) is 0 Å². The van der Waals surface area contributed by atoms with Crippen LogP contribution in [0.4, 0.5) is 0 Å². The van der Waals surface area contributed by atoms with E-state index in [-0.39, 0.29) is 30.9 Å². The van der Waals surface area contributed by atoms with E-state index in [0.29, 0.717) is 0 Å². The van der Waals surface area contributed by atoms with E-state index < -0.39 is 0 Å². The van der Waals surface area contributed by atoms with Crippen molar-refractivity contribution in [1.82, 2.24) is 4.98 Å². The van der Waals surface area contributed by atoms with Gasteiger partial charge in [0.2, 0.25) is 0 Å². The molecule has 0 aliphatic heterocycles. The van der Waals surface area contributed by atoms with Crippen LogP contribution in [-0.2, 0) is 0 Å². The van der Waals surface area contributed by atoms with E-state index in [1.54, 1.807) is 17.5 Å². The van der Waals surface area contributed by atoms with Crippen LogP contribution in [-0.4, -0.2) is 4.98 Å². The number of halogens is 2. The fourth-order valence-corrected chi connectivity index (χ4v) is 1.32. The lowest BCUT2D eigenvalue weighted by Gasteiger charge is -2.01. The van der Waals surface area contributed by atoms with E-state index in [9.17, 15) is 0 Å². The van der Waals surface area contributed by atoms with E-state index in [1.165, 1.54) is 0 Å². The van der Waals surface area contributed by atoms with Gasteiger partial charge in [-0.25, -0.2) is 4.98 Å². The third-order valence-electron chi connectivity index (χ3n) is 1.21. The molecule has 2 N–H and O–H groups in total. The van der Waals surface area contributed by atoms with E-state index in [2.05, 4.69) is 11.9 Å². The van der Waals surface area contributed by atoms with Crippen molar-refractivity contribution in [2.45, 2.75) is 19.4 Å². The molecule has 0 aliphatic rings. The maximum absolute atomic E-state index is 5.69. The van der Waals surface area contributed by atoms with Crippen molar-refractivity contribution in [3.8, 4) is 0 Å². The van der Waals surface area contributed by atoms with Crippen LogP contribution >= 0.6 is 36.2 Å². The van der Waals surface area contributed by atoms with Crippen LogP contribution < -0.4 is 5.73 Å². The molecule has 0 saturated heterocycles. The van der Waals surface area contributed by atoms with Gasteiger partial charge in [-0.05, 0) is 6.42 Å². The molecule has 1 heterocycles. The minimum absolute atomic E-state index is 0. The minimum Gasteiger partial charge on any atom is -0.322 e. The molecule has 0 aliphatic carbocycles. The Morgan fingerprint density at radius 1 is 1.64 bits per heavy atom. The van der Waals surface area contributed by atoms with Crippen molar-refractivity contribution in [1.29, 1.82) is 0 Å². The molecule has 0 amide bonds. The van der Waals surface area contributed by atoms with Crippen LogP contribution in [0.1, 0.15) is 24.4 Å². The molecule has 0 saturated carbocycles. The van der Waals surface area contributed by atoms with Gasteiger partial charge in [-0.2, -0.15) is 0 Å². The Bertz CT molecular complexity index is 167. The van der Waals surface area contributed by atoms with Crippen LogP contribution in [0.25, 0.3) is 0 Å². The van der Waals surface area contributed by atoms with Crippen molar-refractivity contribution in [3.63, 3.8) is 0 Å². The van der Waals surface area contributed by atoms with Gasteiger partial charge in [0.15, 0.2) is 0 Å². The quantitative estimate of drug-likeness (QED) is 0.822. The van der Waals surface area contributed by atoms with Crippen molar-refractivity contribution in [2.24, 2.45) is 5.73 Å². The lowest BCUT2D eigenvalue weighted by molar-refractivity contribution is 0.693. The van der Waals surface area contributed by atoms with Gasteiger partial charge in [0.1, 0.15) is 5.01 Å². The zero-order chi connectivity index (χ0) is 6.69. The van der Waals surface area contributed by atoms with Gasteiger partial charge in [-0.1, -0.05) is 6.92 Å². The maximum Gasteiger partial charge on any atom is 0.109 e. The molecule has 1 aromatic rings. The Morgan fingerprint density at radius 2 is 2.27 bits per heavy atom. The topological polar surface area (TPSA) is 38.9 Å². The third kappa shape index (κ3) is 3.91. The number of nitrogens with two attached hydrogens (primary N) is 1. The molecule has 0 fully saturated rings. The molecule has 5 heteroatoms. The first kappa shape index (κ1) is 13.7. The Balaban J connectivity index is 0. The van der Waals surface area contributed by atoms with Gasteiger partial charge >= 0.3 is 0 Å². The molecule has 0 bridgehead atoms. The molecule has 1 rings (SSSR count). The number of hydrogen-bond donors (Lipinski definition) is 1. The lowest BCUT2D eigenvalue weighted by Crippen LogP contribution is -2.07. The highest BCUT2D eigenvalue weighted by atomic mass is 35.5. The predicted molar refractivity (Wildman–Crippen MR) is 53.8 cm³/mol. The highest BCUT2D eigenvalue weighted by Crippen LogP contribution is 2.14. The molecule has 2 nitrogen and oxygen atoms in total. The van der Waals surface area contributed by atoms with E-state index in [1.807, 2.05) is 5.38 Å². The van der Waals surface area contributed by atoms with Crippen LogP contribution in [0, 0.1) is 0 Å². The SMILES string of the molecule is CC[C@H](N)c1nccs1.Cl.Cl. The highest BCUT2D eigenvalue weighted by Gasteiger charge is 2.03. The first-order valence-corrected chi connectivity index (χ1v) is 3.87. The van der Waals surface area contributed by atoms with Gasteiger partial charge < -0.3 is 5.73 Å². The van der Waals surface area contributed by atoms with Crippen molar-refractivity contribution in [3.05, 3.63) is 16.6 Å². The summed E-state index contributed by atoms with van der Waals surface area (Å²) in [5, 5.41) is 2.99. The van der Waals surface area contributed by atoms with E-state index in [4.69, 9.17) is 5.73 Å². The summed E-state index contributed by atoms with van der Waals surface area (Å²) in [7, 11) is 0. The largest absolute Gasteiger partial charge is 0.322 e. The Hall–Kier alpha value is 0.170. The highest BCUT2D eigenvalue weighted by molar-refractivity contribution is 7.09. The average molecular weight is 215 g/mol. The Labute approximate surface area is 83.0 Å². The summed E-state index contributed by atoms with van der Waals surface area (Å²) in [6, 6.07) is 0.144. The molecule has 1 atom stereocenters.